The molecule has 0 radical (unpaired) electrons. The van der Waals surface area contributed by atoms with E-state index in [4.69, 9.17) is 0 Å². The van der Waals surface area contributed by atoms with Crippen LogP contribution in [0.25, 0.3) is 0 Å². The first-order valence-corrected chi connectivity index (χ1v) is 7.48. The van der Waals surface area contributed by atoms with Gasteiger partial charge < -0.3 is 14.9 Å². The van der Waals surface area contributed by atoms with Crippen molar-refractivity contribution in [1.29, 1.82) is 0 Å². The predicted octanol–water partition coefficient (Wildman–Crippen LogP) is 3.25. The molecule has 2 aromatic carbocycles. The first-order chi connectivity index (χ1) is 10.1. The number of rotatable bonds is 1. The molecule has 3 rings (SSSR count). The van der Waals surface area contributed by atoms with Crippen molar-refractivity contribution in [1.82, 2.24) is 0 Å². The number of halogens is 1. The van der Waals surface area contributed by atoms with Crippen LogP contribution in [0.3, 0.4) is 0 Å². The summed E-state index contributed by atoms with van der Waals surface area (Å²) in [4.78, 5) is 16.6. The van der Waals surface area contributed by atoms with Gasteiger partial charge in [0.1, 0.15) is 5.75 Å². The van der Waals surface area contributed by atoms with Gasteiger partial charge in [-0.2, -0.15) is 0 Å². The Labute approximate surface area is 131 Å². The molecular formula is C16H15BrN2O2. The van der Waals surface area contributed by atoms with Gasteiger partial charge in [-0.05, 0) is 46.3 Å². The molecule has 0 saturated carbocycles. The molecule has 0 bridgehead atoms. The lowest BCUT2D eigenvalue weighted by Gasteiger charge is -2.35. The first-order valence-electron chi connectivity index (χ1n) is 6.68. The number of phenolic OH excluding ortho intramolecular Hbond substituents is 1. The minimum Gasteiger partial charge on any atom is -0.507 e. The number of amides is 1. The maximum atomic E-state index is 12.7. The summed E-state index contributed by atoms with van der Waals surface area (Å²) in [5.41, 5.74) is 2.42. The number of nitrogens with zero attached hydrogens (tertiary/aromatic N) is 2. The number of hydrogen-bond acceptors (Lipinski definition) is 3. The average Bonchev–Trinajstić information content (AvgIpc) is 2.50. The lowest BCUT2D eigenvalue weighted by molar-refractivity contribution is 0.0986. The van der Waals surface area contributed by atoms with Gasteiger partial charge in [0, 0.05) is 25.7 Å². The Morgan fingerprint density at radius 1 is 1.14 bits per heavy atom. The van der Waals surface area contributed by atoms with Crippen molar-refractivity contribution in [2.45, 2.75) is 0 Å². The van der Waals surface area contributed by atoms with Gasteiger partial charge in [-0.15, -0.1) is 0 Å². The molecule has 0 atom stereocenters. The summed E-state index contributed by atoms with van der Waals surface area (Å²) >= 11 is 3.23. The molecular weight excluding hydrogens is 332 g/mol. The van der Waals surface area contributed by atoms with E-state index in [0.29, 0.717) is 16.6 Å². The summed E-state index contributed by atoms with van der Waals surface area (Å²) in [6, 6.07) is 12.7. The molecule has 5 heteroatoms. The summed E-state index contributed by atoms with van der Waals surface area (Å²) < 4.78 is 0.581. The molecule has 0 fully saturated rings. The fraction of sp³-hybridized carbons (Fsp3) is 0.188. The summed E-state index contributed by atoms with van der Waals surface area (Å²) in [6.07, 6.45) is 0. The minimum absolute atomic E-state index is 0.0725. The van der Waals surface area contributed by atoms with Crippen LogP contribution in [0.2, 0.25) is 0 Å². The molecule has 1 amide bonds. The fourth-order valence-corrected chi connectivity index (χ4v) is 2.77. The van der Waals surface area contributed by atoms with E-state index in [1.807, 2.05) is 31.3 Å². The predicted molar refractivity (Wildman–Crippen MR) is 87.2 cm³/mol. The standard InChI is InChI=1S/C16H15BrN2O2/c1-18-8-9-19(14-5-3-2-4-13(14)18)16(21)11-6-7-12(17)15(20)10-11/h2-7,10,20H,8-9H2,1H3. The molecule has 2 aromatic rings. The second-order valence-electron chi connectivity index (χ2n) is 5.03. The third-order valence-electron chi connectivity index (χ3n) is 3.68. The lowest BCUT2D eigenvalue weighted by atomic mass is 10.1. The van der Waals surface area contributed by atoms with Crippen molar-refractivity contribution in [3.05, 3.63) is 52.5 Å². The third-order valence-corrected chi connectivity index (χ3v) is 4.35. The van der Waals surface area contributed by atoms with Crippen LogP contribution in [-0.2, 0) is 0 Å². The second-order valence-corrected chi connectivity index (χ2v) is 5.89. The number of carbonyl (C=O) groups is 1. The van der Waals surface area contributed by atoms with Crippen molar-refractivity contribution in [2.24, 2.45) is 0 Å². The van der Waals surface area contributed by atoms with E-state index in [1.54, 1.807) is 17.0 Å². The molecule has 0 aliphatic carbocycles. The number of para-hydroxylation sites is 2. The van der Waals surface area contributed by atoms with Crippen LogP contribution in [0.15, 0.2) is 46.9 Å². The number of benzene rings is 2. The van der Waals surface area contributed by atoms with Gasteiger partial charge >= 0.3 is 0 Å². The van der Waals surface area contributed by atoms with Gasteiger partial charge in [0.2, 0.25) is 0 Å². The highest BCUT2D eigenvalue weighted by molar-refractivity contribution is 9.10. The molecule has 1 aliphatic rings. The zero-order chi connectivity index (χ0) is 15.0. The van der Waals surface area contributed by atoms with Gasteiger partial charge in [-0.1, -0.05) is 12.1 Å². The lowest BCUT2D eigenvalue weighted by Crippen LogP contribution is -2.42. The van der Waals surface area contributed by atoms with Crippen molar-refractivity contribution in [3.63, 3.8) is 0 Å². The van der Waals surface area contributed by atoms with Crippen LogP contribution in [0.1, 0.15) is 10.4 Å². The van der Waals surface area contributed by atoms with Crippen LogP contribution in [0.4, 0.5) is 11.4 Å². The maximum absolute atomic E-state index is 12.7. The highest BCUT2D eigenvalue weighted by Crippen LogP contribution is 2.33. The first kappa shape index (κ1) is 13.9. The highest BCUT2D eigenvalue weighted by atomic mass is 79.9. The molecule has 0 unspecified atom stereocenters. The Bertz CT molecular complexity index is 702. The molecule has 4 nitrogen and oxygen atoms in total. The molecule has 0 saturated heterocycles. The largest absolute Gasteiger partial charge is 0.507 e. The zero-order valence-corrected chi connectivity index (χ0v) is 13.2. The number of fused-ring (bicyclic) bond motifs is 1. The van der Waals surface area contributed by atoms with Crippen LogP contribution >= 0.6 is 15.9 Å². The number of likely N-dealkylation sites (N-methyl/N-ethyl adjacent to an activating group) is 1. The highest BCUT2D eigenvalue weighted by Gasteiger charge is 2.25. The Balaban J connectivity index is 1.99. The van der Waals surface area contributed by atoms with Crippen LogP contribution in [0, 0.1) is 0 Å². The Hall–Kier alpha value is -2.01. The molecule has 1 heterocycles. The van der Waals surface area contributed by atoms with E-state index in [-0.39, 0.29) is 11.7 Å². The fourth-order valence-electron chi connectivity index (χ4n) is 2.52. The number of hydrogen-bond donors (Lipinski definition) is 1. The SMILES string of the molecule is CN1CCN(C(=O)c2ccc(Br)c(O)c2)c2ccccc21. The number of aromatic hydroxyl groups is 1. The smallest absolute Gasteiger partial charge is 0.258 e. The van der Waals surface area contributed by atoms with Crippen molar-refractivity contribution < 1.29 is 9.90 Å². The summed E-state index contributed by atoms with van der Waals surface area (Å²) in [5.74, 6) is -0.0263. The van der Waals surface area contributed by atoms with Gasteiger partial charge in [0.15, 0.2) is 0 Å². The van der Waals surface area contributed by atoms with Gasteiger partial charge in [-0.25, -0.2) is 0 Å². The number of anilines is 2. The summed E-state index contributed by atoms with van der Waals surface area (Å²) in [5, 5.41) is 9.76. The Morgan fingerprint density at radius 3 is 2.57 bits per heavy atom. The molecule has 21 heavy (non-hydrogen) atoms. The monoisotopic (exact) mass is 346 g/mol. The minimum atomic E-state index is -0.0987. The van der Waals surface area contributed by atoms with E-state index in [9.17, 15) is 9.90 Å². The van der Waals surface area contributed by atoms with E-state index < -0.39 is 0 Å². The van der Waals surface area contributed by atoms with Crippen molar-refractivity contribution in [3.8, 4) is 5.75 Å². The Kier molecular flexibility index (Phi) is 3.59. The van der Waals surface area contributed by atoms with E-state index in [1.165, 1.54) is 6.07 Å². The van der Waals surface area contributed by atoms with E-state index in [0.717, 1.165) is 17.9 Å². The van der Waals surface area contributed by atoms with Crippen LogP contribution < -0.4 is 9.80 Å². The molecule has 1 N–H and O–H groups in total. The third kappa shape index (κ3) is 2.49. The second kappa shape index (κ2) is 5.41. The van der Waals surface area contributed by atoms with Crippen LogP contribution in [0.5, 0.6) is 5.75 Å². The Morgan fingerprint density at radius 2 is 1.86 bits per heavy atom. The zero-order valence-electron chi connectivity index (χ0n) is 11.6. The van der Waals surface area contributed by atoms with Gasteiger partial charge in [-0.3, -0.25) is 4.79 Å². The van der Waals surface area contributed by atoms with Crippen molar-refractivity contribution in [2.75, 3.05) is 29.9 Å². The molecule has 108 valence electrons. The average molecular weight is 347 g/mol. The van der Waals surface area contributed by atoms with E-state index >= 15 is 0 Å². The summed E-state index contributed by atoms with van der Waals surface area (Å²) in [7, 11) is 2.02. The van der Waals surface area contributed by atoms with Gasteiger partial charge in [0.25, 0.3) is 5.91 Å². The van der Waals surface area contributed by atoms with Gasteiger partial charge in [0.05, 0.1) is 15.8 Å². The van der Waals surface area contributed by atoms with Crippen molar-refractivity contribution >= 4 is 33.2 Å². The number of carbonyl (C=O) groups excluding carboxylic acids is 1. The quantitative estimate of drug-likeness (QED) is 0.861. The van der Waals surface area contributed by atoms with E-state index in [2.05, 4.69) is 20.8 Å². The molecule has 0 spiro atoms. The summed E-state index contributed by atoms with van der Waals surface area (Å²) in [6.45, 7) is 1.41. The molecule has 1 aliphatic heterocycles. The maximum Gasteiger partial charge on any atom is 0.258 e. The normalized spacial score (nSPS) is 14.0. The topological polar surface area (TPSA) is 43.8 Å². The molecule has 0 aromatic heterocycles. The number of phenols is 1. The van der Waals surface area contributed by atoms with Crippen LogP contribution in [-0.4, -0.2) is 31.2 Å².